The molecule has 0 atom stereocenters. The van der Waals surface area contributed by atoms with Crippen molar-refractivity contribution in [2.75, 3.05) is 44.2 Å². The Labute approximate surface area is 108 Å². The molecule has 0 bridgehead atoms. The van der Waals surface area contributed by atoms with Crippen molar-refractivity contribution in [2.24, 2.45) is 0 Å². The fourth-order valence-electron chi connectivity index (χ4n) is 2.24. The van der Waals surface area contributed by atoms with E-state index in [4.69, 9.17) is 10.00 Å². The van der Waals surface area contributed by atoms with Gasteiger partial charge in [-0.3, -0.25) is 4.90 Å². The van der Waals surface area contributed by atoms with Gasteiger partial charge in [0.1, 0.15) is 5.75 Å². The maximum atomic E-state index is 8.69. The van der Waals surface area contributed by atoms with E-state index >= 15 is 0 Å². The van der Waals surface area contributed by atoms with Crippen molar-refractivity contribution in [3.8, 4) is 11.8 Å². The van der Waals surface area contributed by atoms with Crippen molar-refractivity contribution in [1.29, 1.82) is 5.26 Å². The largest absolute Gasteiger partial charge is 0.492 e. The summed E-state index contributed by atoms with van der Waals surface area (Å²) in [6, 6.07) is 10.4. The van der Waals surface area contributed by atoms with Gasteiger partial charge in [-0.15, -0.1) is 0 Å². The highest BCUT2D eigenvalue weighted by Crippen LogP contribution is 2.28. The van der Waals surface area contributed by atoms with Crippen LogP contribution in [0.15, 0.2) is 24.3 Å². The number of piperazine rings is 1. The van der Waals surface area contributed by atoms with Crippen molar-refractivity contribution >= 4 is 5.69 Å². The number of rotatable bonds is 4. The molecule has 0 aliphatic carbocycles. The summed E-state index contributed by atoms with van der Waals surface area (Å²) in [5, 5.41) is 8.69. The molecule has 0 N–H and O–H groups in total. The van der Waals surface area contributed by atoms with Gasteiger partial charge in [0.2, 0.25) is 0 Å². The first-order chi connectivity index (χ1) is 8.85. The predicted molar refractivity (Wildman–Crippen MR) is 71.9 cm³/mol. The minimum absolute atomic E-state index is 0.529. The number of benzene rings is 1. The predicted octanol–water partition coefficient (Wildman–Crippen LogP) is 1.73. The van der Waals surface area contributed by atoms with Gasteiger partial charge in [-0.25, -0.2) is 0 Å². The third-order valence-corrected chi connectivity index (χ3v) is 3.17. The van der Waals surface area contributed by atoms with Crippen molar-refractivity contribution in [3.63, 3.8) is 0 Å². The Hall–Kier alpha value is -1.73. The Morgan fingerprint density at radius 1 is 1.22 bits per heavy atom. The molecule has 18 heavy (non-hydrogen) atoms. The summed E-state index contributed by atoms with van der Waals surface area (Å²) in [7, 11) is 0. The first-order valence-corrected chi connectivity index (χ1v) is 6.41. The van der Waals surface area contributed by atoms with E-state index in [0.29, 0.717) is 13.2 Å². The molecule has 2 rings (SSSR count). The highest BCUT2D eigenvalue weighted by Gasteiger charge is 2.18. The molecule has 1 aliphatic heterocycles. The highest BCUT2D eigenvalue weighted by molar-refractivity contribution is 5.58. The lowest BCUT2D eigenvalue weighted by molar-refractivity contribution is 0.284. The lowest BCUT2D eigenvalue weighted by atomic mass is 10.2. The number of para-hydroxylation sites is 2. The molecule has 1 aromatic carbocycles. The molecule has 0 amide bonds. The molecule has 1 fully saturated rings. The third kappa shape index (κ3) is 2.93. The van der Waals surface area contributed by atoms with Crippen LogP contribution in [0, 0.1) is 11.3 Å². The molecule has 0 unspecified atom stereocenters. The Morgan fingerprint density at radius 3 is 2.61 bits per heavy atom. The van der Waals surface area contributed by atoms with Gasteiger partial charge in [0.25, 0.3) is 0 Å². The second kappa shape index (κ2) is 6.27. The van der Waals surface area contributed by atoms with Gasteiger partial charge in [0, 0.05) is 26.2 Å². The zero-order valence-corrected chi connectivity index (χ0v) is 10.8. The van der Waals surface area contributed by atoms with Crippen LogP contribution >= 0.6 is 0 Å². The van der Waals surface area contributed by atoms with Crippen LogP contribution in [0.2, 0.25) is 0 Å². The zero-order chi connectivity index (χ0) is 12.8. The van der Waals surface area contributed by atoms with Crippen LogP contribution in [0.4, 0.5) is 5.69 Å². The first kappa shape index (κ1) is 12.7. The van der Waals surface area contributed by atoms with Gasteiger partial charge in [0.05, 0.1) is 24.9 Å². The van der Waals surface area contributed by atoms with Gasteiger partial charge in [-0.05, 0) is 19.1 Å². The molecule has 1 saturated heterocycles. The second-order valence-corrected chi connectivity index (χ2v) is 4.32. The molecule has 1 heterocycles. The molecule has 0 radical (unpaired) electrons. The van der Waals surface area contributed by atoms with E-state index in [2.05, 4.69) is 21.9 Å². The molecular formula is C14H19N3O. The molecule has 4 heteroatoms. The standard InChI is InChI=1S/C14H19N3O/c1-2-18-14-6-4-3-5-13(14)17-11-9-16(8-7-15)10-12-17/h3-6H,2,8-12H2,1H3. The summed E-state index contributed by atoms with van der Waals surface area (Å²) < 4.78 is 5.66. The fraction of sp³-hybridized carbons (Fsp3) is 0.500. The van der Waals surface area contributed by atoms with Crippen LogP contribution in [0.5, 0.6) is 5.75 Å². The van der Waals surface area contributed by atoms with Crippen LogP contribution in [-0.2, 0) is 0 Å². The summed E-state index contributed by atoms with van der Waals surface area (Å²) >= 11 is 0. The smallest absolute Gasteiger partial charge is 0.142 e. The number of ether oxygens (including phenoxy) is 1. The van der Waals surface area contributed by atoms with Crippen LogP contribution in [0.25, 0.3) is 0 Å². The lowest BCUT2D eigenvalue weighted by Gasteiger charge is -2.35. The van der Waals surface area contributed by atoms with E-state index in [1.165, 1.54) is 0 Å². The molecular weight excluding hydrogens is 226 g/mol. The van der Waals surface area contributed by atoms with Gasteiger partial charge in [-0.1, -0.05) is 12.1 Å². The van der Waals surface area contributed by atoms with E-state index in [1.807, 2.05) is 25.1 Å². The summed E-state index contributed by atoms with van der Waals surface area (Å²) in [5.41, 5.74) is 1.16. The molecule has 0 spiro atoms. The van der Waals surface area contributed by atoms with Crippen LogP contribution in [-0.4, -0.2) is 44.2 Å². The maximum Gasteiger partial charge on any atom is 0.142 e. The number of anilines is 1. The lowest BCUT2D eigenvalue weighted by Crippen LogP contribution is -2.46. The van der Waals surface area contributed by atoms with Crippen LogP contribution in [0.3, 0.4) is 0 Å². The average Bonchev–Trinajstić information content (AvgIpc) is 2.41. The van der Waals surface area contributed by atoms with Crippen molar-refractivity contribution in [3.05, 3.63) is 24.3 Å². The van der Waals surface area contributed by atoms with E-state index in [9.17, 15) is 0 Å². The Balaban J connectivity index is 2.03. The fourth-order valence-corrected chi connectivity index (χ4v) is 2.24. The van der Waals surface area contributed by atoms with Gasteiger partial charge < -0.3 is 9.64 Å². The van der Waals surface area contributed by atoms with Gasteiger partial charge >= 0.3 is 0 Å². The Kier molecular flexibility index (Phi) is 4.43. The van der Waals surface area contributed by atoms with Gasteiger partial charge in [-0.2, -0.15) is 5.26 Å². The van der Waals surface area contributed by atoms with Crippen molar-refractivity contribution in [2.45, 2.75) is 6.92 Å². The monoisotopic (exact) mass is 245 g/mol. The highest BCUT2D eigenvalue weighted by atomic mass is 16.5. The molecule has 96 valence electrons. The SMILES string of the molecule is CCOc1ccccc1N1CCN(CC#N)CC1. The summed E-state index contributed by atoms with van der Waals surface area (Å²) in [4.78, 5) is 4.51. The molecule has 1 aliphatic rings. The normalized spacial score (nSPS) is 16.3. The molecule has 4 nitrogen and oxygen atoms in total. The average molecular weight is 245 g/mol. The number of nitriles is 1. The maximum absolute atomic E-state index is 8.69. The van der Waals surface area contributed by atoms with Crippen molar-refractivity contribution in [1.82, 2.24) is 4.90 Å². The van der Waals surface area contributed by atoms with Crippen LogP contribution in [0.1, 0.15) is 6.92 Å². The topological polar surface area (TPSA) is 39.5 Å². The third-order valence-electron chi connectivity index (χ3n) is 3.17. The summed E-state index contributed by atoms with van der Waals surface area (Å²) in [5.74, 6) is 0.953. The summed E-state index contributed by atoms with van der Waals surface area (Å²) in [6.07, 6.45) is 0. The van der Waals surface area contributed by atoms with E-state index in [-0.39, 0.29) is 0 Å². The van der Waals surface area contributed by atoms with E-state index in [1.54, 1.807) is 0 Å². The van der Waals surface area contributed by atoms with Crippen molar-refractivity contribution < 1.29 is 4.74 Å². The summed E-state index contributed by atoms with van der Waals surface area (Å²) in [6.45, 7) is 6.99. The first-order valence-electron chi connectivity index (χ1n) is 6.41. The molecule has 1 aromatic rings. The number of nitrogens with zero attached hydrogens (tertiary/aromatic N) is 3. The molecule has 0 saturated carbocycles. The zero-order valence-electron chi connectivity index (χ0n) is 10.8. The van der Waals surface area contributed by atoms with E-state index < -0.39 is 0 Å². The number of hydrogen-bond donors (Lipinski definition) is 0. The minimum Gasteiger partial charge on any atom is -0.492 e. The van der Waals surface area contributed by atoms with Gasteiger partial charge in [0.15, 0.2) is 0 Å². The second-order valence-electron chi connectivity index (χ2n) is 4.32. The van der Waals surface area contributed by atoms with Crippen LogP contribution < -0.4 is 9.64 Å². The van der Waals surface area contributed by atoms with E-state index in [0.717, 1.165) is 37.6 Å². The molecule has 0 aromatic heterocycles. The quantitative estimate of drug-likeness (QED) is 0.757. The minimum atomic E-state index is 0.529. The Morgan fingerprint density at radius 2 is 1.94 bits per heavy atom. The number of hydrogen-bond acceptors (Lipinski definition) is 4. The Bertz CT molecular complexity index is 419.